The van der Waals surface area contributed by atoms with Gasteiger partial charge in [0.1, 0.15) is 12.1 Å². The molecule has 1 N–H and O–H groups in total. The van der Waals surface area contributed by atoms with Gasteiger partial charge in [-0.3, -0.25) is 4.68 Å². The molecule has 3 aromatic heterocycles. The molecule has 0 aliphatic heterocycles. The molecule has 5 rings (SSSR count). The summed E-state index contributed by atoms with van der Waals surface area (Å²) in [6, 6.07) is 14.3. The Labute approximate surface area is 186 Å². The Hall–Kier alpha value is -3.36. The first kappa shape index (κ1) is 19.6. The lowest BCUT2D eigenvalue weighted by Crippen LogP contribution is -1.96. The maximum atomic E-state index is 14.8. The summed E-state index contributed by atoms with van der Waals surface area (Å²) >= 11 is 7.22. The van der Waals surface area contributed by atoms with E-state index in [0.29, 0.717) is 22.0 Å². The van der Waals surface area contributed by atoms with Crippen molar-refractivity contribution >= 4 is 34.8 Å². The van der Waals surface area contributed by atoms with Crippen LogP contribution in [0.3, 0.4) is 0 Å². The fourth-order valence-corrected chi connectivity index (χ4v) is 4.03. The first-order chi connectivity index (χ1) is 15.1. The predicted octanol–water partition coefficient (Wildman–Crippen LogP) is 5.71. The van der Waals surface area contributed by atoms with Crippen LogP contribution in [0.4, 0.5) is 10.1 Å². The van der Waals surface area contributed by atoms with Crippen LogP contribution >= 0.6 is 23.5 Å². The van der Waals surface area contributed by atoms with Gasteiger partial charge in [-0.2, -0.15) is 10.2 Å². The molecule has 0 radical (unpaired) electrons. The number of aromatic nitrogens is 5. The molecule has 0 bridgehead atoms. The normalized spacial score (nSPS) is 11.2. The molecule has 0 aliphatic rings. The summed E-state index contributed by atoms with van der Waals surface area (Å²) in [6.07, 6.45) is 7.10. The van der Waals surface area contributed by atoms with Crippen LogP contribution in [-0.4, -0.2) is 24.4 Å². The molecule has 0 spiro atoms. The third-order valence-electron chi connectivity index (χ3n) is 4.78. The van der Waals surface area contributed by atoms with Crippen LogP contribution in [-0.2, 0) is 7.05 Å². The molecule has 3 heterocycles. The van der Waals surface area contributed by atoms with E-state index in [9.17, 15) is 4.39 Å². The second-order valence-corrected chi connectivity index (χ2v) is 8.24. The molecule has 0 atom stereocenters. The average molecular weight is 451 g/mol. The second-order valence-electron chi connectivity index (χ2n) is 6.92. The molecule has 2 aromatic carbocycles. The monoisotopic (exact) mass is 450 g/mol. The SMILES string of the molecule is Cn1cc(-c2cc3c(-c4ccc(NSc5ccc(Cl)cc5)c(F)c4)ncnn3c2)cn1. The molecule has 0 saturated carbocycles. The molecule has 6 nitrogen and oxygen atoms in total. The first-order valence-electron chi connectivity index (χ1n) is 9.37. The fourth-order valence-electron chi connectivity index (χ4n) is 3.24. The molecule has 0 fully saturated rings. The van der Waals surface area contributed by atoms with Crippen molar-refractivity contribution in [2.45, 2.75) is 4.90 Å². The number of anilines is 1. The van der Waals surface area contributed by atoms with E-state index in [2.05, 4.69) is 19.9 Å². The highest BCUT2D eigenvalue weighted by atomic mass is 35.5. The zero-order valence-corrected chi connectivity index (χ0v) is 17.9. The minimum Gasteiger partial charge on any atom is -0.323 e. The molecule has 0 unspecified atom stereocenters. The number of benzene rings is 2. The van der Waals surface area contributed by atoms with E-state index in [4.69, 9.17) is 11.6 Å². The summed E-state index contributed by atoms with van der Waals surface area (Å²) in [4.78, 5) is 5.34. The van der Waals surface area contributed by atoms with Crippen LogP contribution in [0.1, 0.15) is 0 Å². The first-order valence-corrected chi connectivity index (χ1v) is 10.6. The van der Waals surface area contributed by atoms with Crippen molar-refractivity contribution < 1.29 is 4.39 Å². The summed E-state index contributed by atoms with van der Waals surface area (Å²) < 4.78 is 21.3. The van der Waals surface area contributed by atoms with E-state index in [-0.39, 0.29) is 5.82 Å². The summed E-state index contributed by atoms with van der Waals surface area (Å²) in [5.41, 5.74) is 4.44. The number of halogens is 2. The lowest BCUT2D eigenvalue weighted by molar-refractivity contribution is 0.633. The van der Waals surface area contributed by atoms with Crippen molar-refractivity contribution in [3.05, 3.63) is 84.3 Å². The smallest absolute Gasteiger partial charge is 0.147 e. The molecule has 154 valence electrons. The van der Waals surface area contributed by atoms with Gasteiger partial charge in [0.15, 0.2) is 0 Å². The quantitative estimate of drug-likeness (QED) is 0.347. The van der Waals surface area contributed by atoms with Crippen molar-refractivity contribution in [1.82, 2.24) is 24.4 Å². The van der Waals surface area contributed by atoms with Crippen LogP contribution in [0.25, 0.3) is 27.9 Å². The predicted molar refractivity (Wildman–Crippen MR) is 122 cm³/mol. The zero-order chi connectivity index (χ0) is 21.4. The van der Waals surface area contributed by atoms with Crippen LogP contribution in [0, 0.1) is 5.82 Å². The van der Waals surface area contributed by atoms with Gasteiger partial charge >= 0.3 is 0 Å². The standard InChI is InChI=1S/C22H16ClFN6S/c1-29-11-16(10-26-29)15-9-21-22(25-13-27-30(21)12-15)14-2-7-20(19(24)8-14)28-31-18-5-3-17(23)4-6-18/h2-13,28H,1H3. The molecule has 5 aromatic rings. The molecule has 0 aliphatic carbocycles. The van der Waals surface area contributed by atoms with Crippen LogP contribution in [0.2, 0.25) is 5.02 Å². The second kappa shape index (κ2) is 8.05. The highest BCUT2D eigenvalue weighted by Gasteiger charge is 2.13. The van der Waals surface area contributed by atoms with E-state index in [1.165, 1.54) is 24.3 Å². The number of fused-ring (bicyclic) bond motifs is 1. The van der Waals surface area contributed by atoms with Gasteiger partial charge in [0.25, 0.3) is 0 Å². The van der Waals surface area contributed by atoms with E-state index in [1.54, 1.807) is 33.6 Å². The van der Waals surface area contributed by atoms with Gasteiger partial charge in [0.05, 0.1) is 23.1 Å². The van der Waals surface area contributed by atoms with Gasteiger partial charge in [-0.25, -0.2) is 13.9 Å². The number of rotatable bonds is 5. The molecule has 31 heavy (non-hydrogen) atoms. The number of nitrogens with one attached hydrogen (secondary N) is 1. The van der Waals surface area contributed by atoms with Crippen LogP contribution in [0.5, 0.6) is 0 Å². The molecular formula is C22H16ClFN6S. The average Bonchev–Trinajstić information content (AvgIpc) is 3.40. The highest BCUT2D eigenvalue weighted by molar-refractivity contribution is 8.00. The van der Waals surface area contributed by atoms with Crippen molar-refractivity contribution in [3.63, 3.8) is 0 Å². The van der Waals surface area contributed by atoms with E-state index in [1.807, 2.05) is 43.7 Å². The Morgan fingerprint density at radius 3 is 2.55 bits per heavy atom. The minimum atomic E-state index is -0.366. The lowest BCUT2D eigenvalue weighted by atomic mass is 10.1. The van der Waals surface area contributed by atoms with Crippen LogP contribution < -0.4 is 4.72 Å². The molecular weight excluding hydrogens is 435 g/mol. The molecule has 9 heteroatoms. The van der Waals surface area contributed by atoms with Gasteiger partial charge in [-0.15, -0.1) is 0 Å². The number of aryl methyl sites for hydroxylation is 1. The van der Waals surface area contributed by atoms with Crippen molar-refractivity contribution in [2.24, 2.45) is 7.05 Å². The summed E-state index contributed by atoms with van der Waals surface area (Å²) in [5.74, 6) is -0.366. The Morgan fingerprint density at radius 2 is 1.81 bits per heavy atom. The third kappa shape index (κ3) is 3.99. The summed E-state index contributed by atoms with van der Waals surface area (Å²) in [5, 5.41) is 9.16. The summed E-state index contributed by atoms with van der Waals surface area (Å²) in [6.45, 7) is 0. The Morgan fingerprint density at radius 1 is 0.968 bits per heavy atom. The van der Waals surface area contributed by atoms with Crippen molar-refractivity contribution in [1.29, 1.82) is 0 Å². The minimum absolute atomic E-state index is 0.366. The molecule has 0 amide bonds. The van der Waals surface area contributed by atoms with Gasteiger partial charge in [-0.1, -0.05) is 17.7 Å². The van der Waals surface area contributed by atoms with E-state index >= 15 is 0 Å². The number of hydrogen-bond acceptors (Lipinski definition) is 5. The zero-order valence-electron chi connectivity index (χ0n) is 16.3. The Kier molecular flexibility index (Phi) is 5.09. The van der Waals surface area contributed by atoms with Crippen molar-refractivity contribution in [2.75, 3.05) is 4.72 Å². The Balaban J connectivity index is 1.44. The lowest BCUT2D eigenvalue weighted by Gasteiger charge is -2.09. The Bertz CT molecular complexity index is 1380. The fraction of sp³-hybridized carbons (Fsp3) is 0.0455. The largest absolute Gasteiger partial charge is 0.323 e. The highest BCUT2D eigenvalue weighted by Crippen LogP contribution is 2.31. The summed E-state index contributed by atoms with van der Waals surface area (Å²) in [7, 11) is 1.87. The van der Waals surface area contributed by atoms with E-state index < -0.39 is 0 Å². The number of hydrogen-bond donors (Lipinski definition) is 1. The number of nitrogens with zero attached hydrogens (tertiary/aromatic N) is 5. The maximum Gasteiger partial charge on any atom is 0.147 e. The van der Waals surface area contributed by atoms with Crippen LogP contribution in [0.15, 0.2) is 78.3 Å². The van der Waals surface area contributed by atoms with Gasteiger partial charge < -0.3 is 4.72 Å². The third-order valence-corrected chi connectivity index (χ3v) is 5.86. The van der Waals surface area contributed by atoms with E-state index in [0.717, 1.165) is 21.5 Å². The van der Waals surface area contributed by atoms with Gasteiger partial charge in [0.2, 0.25) is 0 Å². The van der Waals surface area contributed by atoms with Crippen molar-refractivity contribution in [3.8, 4) is 22.4 Å². The maximum absolute atomic E-state index is 14.8. The topological polar surface area (TPSA) is 60.0 Å². The van der Waals surface area contributed by atoms with Gasteiger partial charge in [-0.05, 0) is 54.4 Å². The van der Waals surface area contributed by atoms with Gasteiger partial charge in [0, 0.05) is 46.0 Å². The molecule has 0 saturated heterocycles.